The van der Waals surface area contributed by atoms with Gasteiger partial charge in [-0.05, 0) is 17.7 Å². The molecule has 1 heterocycles. The molecule has 3 nitrogen and oxygen atoms in total. The van der Waals surface area contributed by atoms with Crippen LogP contribution in [0.4, 0.5) is 4.39 Å². The Morgan fingerprint density at radius 1 is 1.38 bits per heavy atom. The highest BCUT2D eigenvalue weighted by Crippen LogP contribution is 2.34. The quantitative estimate of drug-likeness (QED) is 0.836. The summed E-state index contributed by atoms with van der Waals surface area (Å²) in [6.45, 7) is 1.05. The molecule has 88 valence electrons. The Morgan fingerprint density at radius 3 is 2.69 bits per heavy atom. The fourth-order valence-corrected chi connectivity index (χ4v) is 1.95. The Morgan fingerprint density at radius 2 is 2.06 bits per heavy atom. The van der Waals surface area contributed by atoms with Crippen molar-refractivity contribution in [2.24, 2.45) is 0 Å². The van der Waals surface area contributed by atoms with Crippen molar-refractivity contribution in [3.05, 3.63) is 29.6 Å². The van der Waals surface area contributed by atoms with Gasteiger partial charge in [0.25, 0.3) is 0 Å². The third-order valence-electron chi connectivity index (χ3n) is 3.01. The van der Waals surface area contributed by atoms with E-state index in [0.717, 1.165) is 0 Å². The second-order valence-corrected chi connectivity index (χ2v) is 3.99. The molecule has 0 radical (unpaired) electrons. The fourth-order valence-electron chi connectivity index (χ4n) is 1.95. The normalized spacial score (nSPS) is 19.4. The molecule has 0 spiro atoms. The monoisotopic (exact) mass is 226 g/mol. The van der Waals surface area contributed by atoms with Gasteiger partial charge in [-0.25, -0.2) is 4.39 Å². The van der Waals surface area contributed by atoms with Crippen molar-refractivity contribution < 1.29 is 19.0 Å². The molecule has 1 fully saturated rings. The average Bonchev–Trinajstić information content (AvgIpc) is 2.30. The molecule has 0 aliphatic carbocycles. The largest absolute Gasteiger partial charge is 0.494 e. The summed E-state index contributed by atoms with van der Waals surface area (Å²) in [4.78, 5) is 0. The lowest BCUT2D eigenvalue weighted by atomic mass is 9.86. The molecule has 0 atom stereocenters. The number of aliphatic hydroxyl groups is 1. The van der Waals surface area contributed by atoms with Crippen molar-refractivity contribution in [2.75, 3.05) is 20.3 Å². The molecule has 2 rings (SSSR count). The molecule has 1 saturated heterocycles. The molecule has 1 aromatic carbocycles. The zero-order chi connectivity index (χ0) is 11.6. The molecule has 16 heavy (non-hydrogen) atoms. The van der Waals surface area contributed by atoms with E-state index in [9.17, 15) is 9.50 Å². The minimum absolute atomic E-state index is 0.164. The van der Waals surface area contributed by atoms with E-state index in [1.807, 2.05) is 0 Å². The predicted octanol–water partition coefficient (Wildman–Crippen LogP) is 1.83. The van der Waals surface area contributed by atoms with E-state index in [1.54, 1.807) is 12.1 Å². The molecule has 0 amide bonds. The summed E-state index contributed by atoms with van der Waals surface area (Å²) in [7, 11) is 1.41. The summed E-state index contributed by atoms with van der Waals surface area (Å²) in [6.07, 6.45) is 1.06. The van der Waals surface area contributed by atoms with E-state index in [2.05, 4.69) is 0 Å². The number of benzene rings is 1. The van der Waals surface area contributed by atoms with Crippen LogP contribution in [0.2, 0.25) is 0 Å². The molecule has 1 N–H and O–H groups in total. The van der Waals surface area contributed by atoms with Crippen LogP contribution in [0.1, 0.15) is 18.4 Å². The van der Waals surface area contributed by atoms with Crippen LogP contribution in [0, 0.1) is 5.82 Å². The maximum atomic E-state index is 13.2. The SMILES string of the molecule is COc1cc(C2(O)CCOCC2)ccc1F. The number of hydrogen-bond acceptors (Lipinski definition) is 3. The highest BCUT2D eigenvalue weighted by molar-refractivity contribution is 5.34. The van der Waals surface area contributed by atoms with E-state index >= 15 is 0 Å². The first-order valence-corrected chi connectivity index (χ1v) is 5.30. The minimum atomic E-state index is -0.917. The van der Waals surface area contributed by atoms with Crippen LogP contribution in [0.15, 0.2) is 18.2 Å². The molecular weight excluding hydrogens is 211 g/mol. The van der Waals surface area contributed by atoms with Crippen LogP contribution >= 0.6 is 0 Å². The van der Waals surface area contributed by atoms with Crippen LogP contribution in [-0.4, -0.2) is 25.4 Å². The first-order valence-electron chi connectivity index (χ1n) is 5.30. The average molecular weight is 226 g/mol. The lowest BCUT2D eigenvalue weighted by molar-refractivity contribution is -0.0680. The Hall–Kier alpha value is -1.13. The lowest BCUT2D eigenvalue weighted by Crippen LogP contribution is -2.33. The van der Waals surface area contributed by atoms with E-state index < -0.39 is 11.4 Å². The smallest absolute Gasteiger partial charge is 0.165 e. The van der Waals surface area contributed by atoms with Gasteiger partial charge in [0.05, 0.1) is 12.7 Å². The van der Waals surface area contributed by atoms with Gasteiger partial charge in [-0.1, -0.05) is 6.07 Å². The van der Waals surface area contributed by atoms with Crippen LogP contribution < -0.4 is 4.74 Å². The lowest BCUT2D eigenvalue weighted by Gasteiger charge is -2.32. The maximum Gasteiger partial charge on any atom is 0.165 e. The number of hydrogen-bond donors (Lipinski definition) is 1. The Kier molecular flexibility index (Phi) is 3.12. The molecule has 1 aliphatic rings. The van der Waals surface area contributed by atoms with E-state index in [4.69, 9.17) is 9.47 Å². The van der Waals surface area contributed by atoms with E-state index in [0.29, 0.717) is 31.6 Å². The van der Waals surface area contributed by atoms with Gasteiger partial charge in [-0.2, -0.15) is 0 Å². The highest BCUT2D eigenvalue weighted by atomic mass is 19.1. The molecule has 1 aromatic rings. The van der Waals surface area contributed by atoms with Gasteiger partial charge in [0.2, 0.25) is 0 Å². The summed E-state index contributed by atoms with van der Waals surface area (Å²) >= 11 is 0. The van der Waals surface area contributed by atoms with Gasteiger partial charge in [-0.15, -0.1) is 0 Å². The van der Waals surface area contributed by atoms with Gasteiger partial charge in [0.15, 0.2) is 11.6 Å². The van der Waals surface area contributed by atoms with Gasteiger partial charge in [0.1, 0.15) is 0 Å². The third-order valence-corrected chi connectivity index (χ3v) is 3.01. The van der Waals surface area contributed by atoms with Gasteiger partial charge >= 0.3 is 0 Å². The van der Waals surface area contributed by atoms with Crippen LogP contribution in [0.3, 0.4) is 0 Å². The molecule has 0 bridgehead atoms. The van der Waals surface area contributed by atoms with Gasteiger partial charge in [0, 0.05) is 26.1 Å². The van der Waals surface area contributed by atoms with Crippen molar-refractivity contribution in [3.63, 3.8) is 0 Å². The second-order valence-electron chi connectivity index (χ2n) is 3.99. The van der Waals surface area contributed by atoms with Gasteiger partial charge in [-0.3, -0.25) is 0 Å². The highest BCUT2D eigenvalue weighted by Gasteiger charge is 2.32. The molecule has 4 heteroatoms. The first-order chi connectivity index (χ1) is 7.65. The standard InChI is InChI=1S/C12H15FO3/c1-15-11-8-9(2-3-10(11)13)12(14)4-6-16-7-5-12/h2-3,8,14H,4-7H2,1H3. The van der Waals surface area contributed by atoms with Gasteiger partial charge < -0.3 is 14.6 Å². The fraction of sp³-hybridized carbons (Fsp3) is 0.500. The summed E-state index contributed by atoms with van der Waals surface area (Å²) < 4.78 is 23.3. The summed E-state index contributed by atoms with van der Waals surface area (Å²) in [5, 5.41) is 10.4. The number of rotatable bonds is 2. The van der Waals surface area contributed by atoms with E-state index in [1.165, 1.54) is 13.2 Å². The van der Waals surface area contributed by atoms with Crippen molar-refractivity contribution in [1.29, 1.82) is 0 Å². The van der Waals surface area contributed by atoms with Crippen molar-refractivity contribution in [3.8, 4) is 5.75 Å². The van der Waals surface area contributed by atoms with Crippen molar-refractivity contribution in [1.82, 2.24) is 0 Å². The Bertz CT molecular complexity index is 373. The molecule has 1 aliphatic heterocycles. The van der Waals surface area contributed by atoms with Crippen molar-refractivity contribution >= 4 is 0 Å². The zero-order valence-electron chi connectivity index (χ0n) is 9.20. The zero-order valence-corrected chi connectivity index (χ0v) is 9.20. The molecular formula is C12H15FO3. The van der Waals surface area contributed by atoms with E-state index in [-0.39, 0.29) is 5.75 Å². The topological polar surface area (TPSA) is 38.7 Å². The van der Waals surface area contributed by atoms with Crippen molar-refractivity contribution in [2.45, 2.75) is 18.4 Å². The van der Waals surface area contributed by atoms with Crippen LogP contribution in [0.5, 0.6) is 5.75 Å². The predicted molar refractivity (Wildman–Crippen MR) is 56.9 cm³/mol. The summed E-state index contributed by atoms with van der Waals surface area (Å²) in [5.74, 6) is -0.251. The summed E-state index contributed by atoms with van der Waals surface area (Å²) in [6, 6.07) is 4.48. The maximum absolute atomic E-state index is 13.2. The molecule has 0 saturated carbocycles. The number of ether oxygens (including phenoxy) is 2. The summed E-state index contributed by atoms with van der Waals surface area (Å²) in [5.41, 5.74) is -0.228. The van der Waals surface area contributed by atoms with Crippen LogP contribution in [0.25, 0.3) is 0 Å². The molecule has 0 aromatic heterocycles. The third kappa shape index (κ3) is 2.03. The van der Waals surface area contributed by atoms with Crippen LogP contribution in [-0.2, 0) is 10.3 Å². The number of halogens is 1. The Balaban J connectivity index is 2.32. The molecule has 0 unspecified atom stereocenters. The Labute approximate surface area is 93.8 Å². The minimum Gasteiger partial charge on any atom is -0.494 e. The second kappa shape index (κ2) is 4.39. The number of methoxy groups -OCH3 is 1. The first kappa shape index (κ1) is 11.4.